The Hall–Kier alpha value is -0.0800. The van der Waals surface area contributed by atoms with Gasteiger partial charge in [0, 0.05) is 44.8 Å². The lowest BCUT2D eigenvalue weighted by Gasteiger charge is -2.23. The third-order valence-corrected chi connectivity index (χ3v) is 5.02. The first-order valence-corrected chi connectivity index (χ1v) is 8.17. The molecule has 2 unspecified atom stereocenters. The van der Waals surface area contributed by atoms with Gasteiger partial charge in [-0.15, -0.1) is 24.0 Å². The van der Waals surface area contributed by atoms with Crippen LogP contribution in [0.25, 0.3) is 0 Å². The number of nitrogens with zero attached hydrogens (tertiary/aromatic N) is 3. The van der Waals surface area contributed by atoms with Gasteiger partial charge in [0.1, 0.15) is 0 Å². The van der Waals surface area contributed by atoms with Crippen molar-refractivity contribution in [3.05, 3.63) is 0 Å². The number of aliphatic imine (C=N–C) groups is 1. The van der Waals surface area contributed by atoms with Gasteiger partial charge in [-0.05, 0) is 45.7 Å². The van der Waals surface area contributed by atoms with Crippen LogP contribution in [0.5, 0.6) is 0 Å². The lowest BCUT2D eigenvalue weighted by Crippen LogP contribution is -2.48. The third kappa shape index (κ3) is 4.69. The second kappa shape index (κ2) is 7.97. The summed E-state index contributed by atoms with van der Waals surface area (Å²) in [5.41, 5.74) is 0. The average Bonchev–Trinajstić information content (AvgIpc) is 3.07. The van der Waals surface area contributed by atoms with E-state index < -0.39 is 0 Å². The van der Waals surface area contributed by atoms with Gasteiger partial charge in [-0.3, -0.25) is 9.89 Å². The molecule has 1 saturated carbocycles. The molecule has 3 fully saturated rings. The molecule has 2 atom stereocenters. The summed E-state index contributed by atoms with van der Waals surface area (Å²) in [5, 5.41) is 7.10. The first kappa shape index (κ1) is 17.3. The number of hydrogen-bond acceptors (Lipinski definition) is 3. The molecule has 2 heterocycles. The van der Waals surface area contributed by atoms with Crippen LogP contribution in [0.4, 0.5) is 0 Å². The number of hydrogen-bond donors (Lipinski definition) is 2. The molecule has 0 radical (unpaired) electrons. The zero-order valence-corrected chi connectivity index (χ0v) is 15.7. The van der Waals surface area contributed by atoms with Crippen molar-refractivity contribution in [1.82, 2.24) is 20.4 Å². The standard InChI is InChI=1S/C15H29N5.HI/c1-16-15(17-10-14-4-3-8-19(14)2)18-12-7-9-20(11-12)13-5-6-13;/h12-14H,3-11H2,1-2H3,(H2,16,17,18);1H. The van der Waals surface area contributed by atoms with E-state index in [-0.39, 0.29) is 24.0 Å². The van der Waals surface area contributed by atoms with Crippen LogP contribution >= 0.6 is 24.0 Å². The van der Waals surface area contributed by atoms with E-state index in [1.807, 2.05) is 7.05 Å². The van der Waals surface area contributed by atoms with Crippen molar-refractivity contribution in [2.45, 2.75) is 50.2 Å². The molecule has 3 aliphatic rings. The molecule has 0 aromatic heterocycles. The van der Waals surface area contributed by atoms with Crippen molar-refractivity contribution >= 4 is 29.9 Å². The molecule has 0 aromatic rings. The minimum atomic E-state index is 0. The molecule has 0 bridgehead atoms. The Bertz CT molecular complexity index is 358. The van der Waals surface area contributed by atoms with Gasteiger partial charge in [-0.2, -0.15) is 0 Å². The number of guanidine groups is 1. The lowest BCUT2D eigenvalue weighted by molar-refractivity contribution is 0.308. The summed E-state index contributed by atoms with van der Waals surface area (Å²) in [4.78, 5) is 9.46. The Labute approximate surface area is 145 Å². The molecule has 2 saturated heterocycles. The summed E-state index contributed by atoms with van der Waals surface area (Å²) in [5.74, 6) is 0.980. The van der Waals surface area contributed by atoms with E-state index in [4.69, 9.17) is 0 Å². The number of likely N-dealkylation sites (tertiary alicyclic amines) is 2. The van der Waals surface area contributed by atoms with E-state index >= 15 is 0 Å². The molecule has 0 amide bonds. The van der Waals surface area contributed by atoms with Crippen LogP contribution in [-0.2, 0) is 0 Å². The number of halogens is 1. The largest absolute Gasteiger partial charge is 0.355 e. The van der Waals surface area contributed by atoms with E-state index in [0.29, 0.717) is 12.1 Å². The first-order valence-electron chi connectivity index (χ1n) is 8.17. The maximum absolute atomic E-state index is 4.38. The zero-order valence-electron chi connectivity index (χ0n) is 13.3. The van der Waals surface area contributed by atoms with Crippen molar-refractivity contribution in [3.63, 3.8) is 0 Å². The summed E-state index contributed by atoms with van der Waals surface area (Å²) in [6, 6.07) is 2.13. The molecule has 6 heteroatoms. The van der Waals surface area contributed by atoms with Gasteiger partial charge in [-0.25, -0.2) is 0 Å². The predicted molar refractivity (Wildman–Crippen MR) is 98.6 cm³/mol. The highest BCUT2D eigenvalue weighted by Gasteiger charge is 2.34. The molecule has 0 spiro atoms. The molecule has 21 heavy (non-hydrogen) atoms. The van der Waals surface area contributed by atoms with Gasteiger partial charge < -0.3 is 15.5 Å². The highest BCUT2D eigenvalue weighted by Crippen LogP contribution is 2.29. The van der Waals surface area contributed by atoms with Crippen LogP contribution < -0.4 is 10.6 Å². The highest BCUT2D eigenvalue weighted by molar-refractivity contribution is 14.0. The Morgan fingerprint density at radius 1 is 1.19 bits per heavy atom. The second-order valence-corrected chi connectivity index (χ2v) is 6.59. The van der Waals surface area contributed by atoms with Crippen LogP contribution in [0.2, 0.25) is 0 Å². The number of rotatable bonds is 4. The maximum Gasteiger partial charge on any atom is 0.191 e. The van der Waals surface area contributed by atoms with Gasteiger partial charge in [0.2, 0.25) is 0 Å². The molecule has 1 aliphatic carbocycles. The van der Waals surface area contributed by atoms with Crippen molar-refractivity contribution in [2.75, 3.05) is 40.3 Å². The van der Waals surface area contributed by atoms with Crippen LogP contribution in [-0.4, -0.2) is 74.2 Å². The summed E-state index contributed by atoms with van der Waals surface area (Å²) < 4.78 is 0. The minimum Gasteiger partial charge on any atom is -0.355 e. The lowest BCUT2D eigenvalue weighted by atomic mass is 10.2. The Kier molecular flexibility index (Phi) is 6.55. The van der Waals surface area contributed by atoms with Gasteiger partial charge in [0.15, 0.2) is 5.96 Å². The van der Waals surface area contributed by atoms with Gasteiger partial charge in [-0.1, -0.05) is 0 Å². The molecule has 2 N–H and O–H groups in total. The van der Waals surface area contributed by atoms with Gasteiger partial charge >= 0.3 is 0 Å². The summed E-state index contributed by atoms with van der Waals surface area (Å²) in [7, 11) is 4.10. The van der Waals surface area contributed by atoms with E-state index in [9.17, 15) is 0 Å². The van der Waals surface area contributed by atoms with Crippen LogP contribution in [0.3, 0.4) is 0 Å². The molecular weight excluding hydrogens is 377 g/mol. The van der Waals surface area contributed by atoms with Crippen molar-refractivity contribution in [2.24, 2.45) is 4.99 Å². The van der Waals surface area contributed by atoms with E-state index in [1.165, 1.54) is 51.7 Å². The van der Waals surface area contributed by atoms with E-state index in [1.54, 1.807) is 0 Å². The minimum absolute atomic E-state index is 0. The number of likely N-dealkylation sites (N-methyl/N-ethyl adjacent to an activating group) is 1. The SMILES string of the molecule is CN=C(NCC1CCCN1C)NC1CCN(C2CC2)C1.I. The van der Waals surface area contributed by atoms with Crippen molar-refractivity contribution < 1.29 is 0 Å². The van der Waals surface area contributed by atoms with Gasteiger partial charge in [0.25, 0.3) is 0 Å². The summed E-state index contributed by atoms with van der Waals surface area (Å²) >= 11 is 0. The quantitative estimate of drug-likeness (QED) is 0.416. The van der Waals surface area contributed by atoms with Crippen molar-refractivity contribution in [1.29, 1.82) is 0 Å². The van der Waals surface area contributed by atoms with Crippen molar-refractivity contribution in [3.8, 4) is 0 Å². The van der Waals surface area contributed by atoms with Crippen LogP contribution in [0.1, 0.15) is 32.1 Å². The summed E-state index contributed by atoms with van der Waals surface area (Å²) in [6.07, 6.45) is 6.70. The van der Waals surface area contributed by atoms with E-state index in [0.717, 1.165) is 18.5 Å². The molecule has 5 nitrogen and oxygen atoms in total. The maximum atomic E-state index is 4.38. The Balaban J connectivity index is 0.00000161. The fourth-order valence-corrected chi connectivity index (χ4v) is 3.52. The Morgan fingerprint density at radius 2 is 2.00 bits per heavy atom. The molecule has 2 aliphatic heterocycles. The fraction of sp³-hybridized carbons (Fsp3) is 0.933. The van der Waals surface area contributed by atoms with Crippen LogP contribution in [0, 0.1) is 0 Å². The Morgan fingerprint density at radius 3 is 2.62 bits per heavy atom. The monoisotopic (exact) mass is 407 g/mol. The van der Waals surface area contributed by atoms with Crippen LogP contribution in [0.15, 0.2) is 4.99 Å². The fourth-order valence-electron chi connectivity index (χ4n) is 3.52. The van der Waals surface area contributed by atoms with E-state index in [2.05, 4.69) is 32.5 Å². The smallest absolute Gasteiger partial charge is 0.191 e. The normalized spacial score (nSPS) is 31.2. The predicted octanol–water partition coefficient (Wildman–Crippen LogP) is 1.10. The molecular formula is C15H30IN5. The molecule has 0 aromatic carbocycles. The second-order valence-electron chi connectivity index (χ2n) is 6.59. The number of nitrogens with one attached hydrogen (secondary N) is 2. The molecule has 122 valence electrons. The van der Waals surface area contributed by atoms with Gasteiger partial charge in [0.05, 0.1) is 0 Å². The third-order valence-electron chi connectivity index (χ3n) is 5.02. The summed E-state index contributed by atoms with van der Waals surface area (Å²) in [6.45, 7) is 4.69. The highest BCUT2D eigenvalue weighted by atomic mass is 127. The first-order chi connectivity index (χ1) is 9.76. The molecule has 3 rings (SSSR count). The average molecular weight is 407 g/mol. The zero-order chi connectivity index (χ0) is 13.9. The topological polar surface area (TPSA) is 42.9 Å².